The molecule has 0 unspecified atom stereocenters. The molecule has 0 saturated heterocycles. The van der Waals surface area contributed by atoms with Crippen molar-refractivity contribution in [2.24, 2.45) is 0 Å². The van der Waals surface area contributed by atoms with Gasteiger partial charge in [0.1, 0.15) is 5.82 Å². The topological polar surface area (TPSA) is 92.5 Å². The van der Waals surface area contributed by atoms with Gasteiger partial charge in [-0.05, 0) is 30.3 Å². The molecule has 2 aromatic rings. The molecule has 0 saturated carbocycles. The smallest absolute Gasteiger partial charge is 0.301 e. The van der Waals surface area contributed by atoms with Gasteiger partial charge in [0.25, 0.3) is 0 Å². The molecule has 0 atom stereocenters. The lowest BCUT2D eigenvalue weighted by Gasteiger charge is -2.15. The highest BCUT2D eigenvalue weighted by atomic mass is 32.2. The molecule has 2 aromatic carbocycles. The van der Waals surface area contributed by atoms with Gasteiger partial charge in [-0.15, -0.1) is 0 Å². The largest absolute Gasteiger partial charge is 0.397 e. The first-order chi connectivity index (χ1) is 10.7. The van der Waals surface area contributed by atoms with Crippen LogP contribution in [0.15, 0.2) is 42.5 Å². The first kappa shape index (κ1) is 16.9. The highest BCUT2D eigenvalue weighted by Gasteiger charge is 2.17. The maximum absolute atomic E-state index is 13.2. The molecule has 0 aliphatic heterocycles. The summed E-state index contributed by atoms with van der Waals surface area (Å²) in [5.74, 6) is -0.963. The first-order valence-corrected chi connectivity index (χ1v) is 8.05. The van der Waals surface area contributed by atoms with Crippen LogP contribution >= 0.6 is 0 Å². The van der Waals surface area contributed by atoms with Gasteiger partial charge in [-0.3, -0.25) is 9.52 Å². The van der Waals surface area contributed by atoms with Gasteiger partial charge in [-0.2, -0.15) is 12.7 Å². The highest BCUT2D eigenvalue weighted by molar-refractivity contribution is 7.90. The lowest BCUT2D eigenvalue weighted by atomic mass is 10.0. The van der Waals surface area contributed by atoms with Crippen molar-refractivity contribution in [2.75, 3.05) is 24.6 Å². The molecule has 8 heteroatoms. The Labute approximate surface area is 133 Å². The second-order valence-corrected chi connectivity index (χ2v) is 6.92. The zero-order chi connectivity index (χ0) is 17.2. The Morgan fingerprint density at radius 1 is 1.13 bits per heavy atom. The number of ketones is 1. The maximum Gasteiger partial charge on any atom is 0.301 e. The summed E-state index contributed by atoms with van der Waals surface area (Å²) in [5.41, 5.74) is 6.36. The van der Waals surface area contributed by atoms with Gasteiger partial charge in [-0.25, -0.2) is 4.39 Å². The van der Waals surface area contributed by atoms with Crippen molar-refractivity contribution in [1.82, 2.24) is 4.31 Å². The van der Waals surface area contributed by atoms with Crippen LogP contribution in [-0.2, 0) is 10.2 Å². The van der Waals surface area contributed by atoms with Crippen LogP contribution in [0.5, 0.6) is 0 Å². The molecule has 122 valence electrons. The zero-order valence-electron chi connectivity index (χ0n) is 12.6. The molecule has 0 bridgehead atoms. The predicted molar refractivity (Wildman–Crippen MR) is 86.9 cm³/mol. The van der Waals surface area contributed by atoms with E-state index in [2.05, 4.69) is 4.72 Å². The van der Waals surface area contributed by atoms with E-state index in [0.717, 1.165) is 10.4 Å². The fraction of sp³-hybridized carbons (Fsp3) is 0.133. The van der Waals surface area contributed by atoms with E-state index in [4.69, 9.17) is 5.73 Å². The van der Waals surface area contributed by atoms with Crippen LogP contribution < -0.4 is 10.5 Å². The minimum absolute atomic E-state index is 0.0842. The lowest BCUT2D eigenvalue weighted by molar-refractivity contribution is 0.103. The summed E-state index contributed by atoms with van der Waals surface area (Å²) in [7, 11) is -1.03. The maximum atomic E-state index is 13.2. The summed E-state index contributed by atoms with van der Waals surface area (Å²) in [6, 6.07) is 9.44. The molecule has 0 aliphatic rings. The van der Waals surface area contributed by atoms with Crippen LogP contribution in [0.2, 0.25) is 0 Å². The number of hydrogen-bond acceptors (Lipinski definition) is 4. The molecule has 0 aromatic heterocycles. The highest BCUT2D eigenvalue weighted by Crippen LogP contribution is 2.23. The zero-order valence-corrected chi connectivity index (χ0v) is 13.4. The Hall–Kier alpha value is -2.45. The Morgan fingerprint density at radius 3 is 2.39 bits per heavy atom. The molecule has 0 aliphatic carbocycles. The number of nitrogens with one attached hydrogen (secondary N) is 1. The van der Waals surface area contributed by atoms with Crippen molar-refractivity contribution in [2.45, 2.75) is 0 Å². The van der Waals surface area contributed by atoms with Crippen molar-refractivity contribution in [3.8, 4) is 0 Å². The Kier molecular flexibility index (Phi) is 4.67. The van der Waals surface area contributed by atoms with E-state index in [0.29, 0.717) is 0 Å². The molecule has 0 spiro atoms. The van der Waals surface area contributed by atoms with E-state index in [9.17, 15) is 17.6 Å². The van der Waals surface area contributed by atoms with E-state index in [1.807, 2.05) is 0 Å². The first-order valence-electron chi connectivity index (χ1n) is 6.61. The third-order valence-corrected chi connectivity index (χ3v) is 4.56. The van der Waals surface area contributed by atoms with E-state index in [-0.39, 0.29) is 22.5 Å². The minimum Gasteiger partial charge on any atom is -0.397 e. The van der Waals surface area contributed by atoms with Crippen LogP contribution in [0.1, 0.15) is 15.9 Å². The van der Waals surface area contributed by atoms with Gasteiger partial charge in [0.2, 0.25) is 0 Å². The quantitative estimate of drug-likeness (QED) is 0.643. The summed E-state index contributed by atoms with van der Waals surface area (Å²) in [6.07, 6.45) is 0. The van der Waals surface area contributed by atoms with Crippen LogP contribution in [0, 0.1) is 5.82 Å². The second kappa shape index (κ2) is 6.35. The van der Waals surface area contributed by atoms with Crippen LogP contribution in [0.3, 0.4) is 0 Å². The monoisotopic (exact) mass is 337 g/mol. The van der Waals surface area contributed by atoms with Crippen molar-refractivity contribution in [1.29, 1.82) is 0 Å². The Balaban J connectivity index is 2.39. The lowest BCUT2D eigenvalue weighted by Crippen LogP contribution is -2.29. The molecule has 0 fully saturated rings. The SMILES string of the molecule is CN(C)S(=O)(=O)Nc1cc(C(=O)c2cccc(F)c2)ccc1N. The van der Waals surface area contributed by atoms with Crippen molar-refractivity contribution in [3.63, 3.8) is 0 Å². The number of nitrogens with two attached hydrogens (primary N) is 1. The molecular formula is C15H16FN3O3S. The number of carbonyl (C=O) groups excluding carboxylic acids is 1. The summed E-state index contributed by atoms with van der Waals surface area (Å²) in [6.45, 7) is 0. The summed E-state index contributed by atoms with van der Waals surface area (Å²) < 4.78 is 40.2. The average molecular weight is 337 g/mol. The van der Waals surface area contributed by atoms with E-state index < -0.39 is 21.8 Å². The minimum atomic E-state index is -3.76. The predicted octanol–water partition coefficient (Wildman–Crippen LogP) is 1.86. The third kappa shape index (κ3) is 3.85. The van der Waals surface area contributed by atoms with Crippen LogP contribution in [-0.4, -0.2) is 32.6 Å². The number of carbonyl (C=O) groups is 1. The molecule has 23 heavy (non-hydrogen) atoms. The van der Waals surface area contributed by atoms with E-state index >= 15 is 0 Å². The van der Waals surface area contributed by atoms with E-state index in [1.54, 1.807) is 0 Å². The molecule has 0 amide bonds. The third-order valence-electron chi connectivity index (χ3n) is 3.12. The Morgan fingerprint density at radius 2 is 1.78 bits per heavy atom. The number of nitrogen functional groups attached to an aromatic ring is 1. The van der Waals surface area contributed by atoms with E-state index in [1.165, 1.54) is 50.5 Å². The number of benzene rings is 2. The molecular weight excluding hydrogens is 321 g/mol. The summed E-state index contributed by atoms with van der Waals surface area (Å²) in [5, 5.41) is 0. The standard InChI is InChI=1S/C15H16FN3O3S/c1-19(2)23(21,22)18-14-9-11(6-7-13(14)17)15(20)10-4-3-5-12(16)8-10/h3-9,18H,17H2,1-2H3. The Bertz CT molecular complexity index is 851. The van der Waals surface area contributed by atoms with Gasteiger partial charge in [0.05, 0.1) is 11.4 Å². The second-order valence-electron chi connectivity index (χ2n) is 5.03. The molecule has 0 radical (unpaired) electrons. The van der Waals surface area contributed by atoms with Gasteiger partial charge in [0.15, 0.2) is 5.78 Å². The number of hydrogen-bond donors (Lipinski definition) is 2. The molecule has 3 N–H and O–H groups in total. The fourth-order valence-corrected chi connectivity index (χ4v) is 2.45. The van der Waals surface area contributed by atoms with Crippen LogP contribution in [0.25, 0.3) is 0 Å². The normalized spacial score (nSPS) is 11.5. The molecule has 6 nitrogen and oxygen atoms in total. The average Bonchev–Trinajstić information content (AvgIpc) is 2.48. The van der Waals surface area contributed by atoms with Crippen molar-refractivity contribution in [3.05, 3.63) is 59.4 Å². The number of halogens is 1. The van der Waals surface area contributed by atoms with Gasteiger partial charge < -0.3 is 5.73 Å². The van der Waals surface area contributed by atoms with Crippen molar-refractivity contribution >= 4 is 27.4 Å². The fourth-order valence-electron chi connectivity index (χ4n) is 1.81. The number of anilines is 2. The summed E-state index contributed by atoms with van der Waals surface area (Å²) >= 11 is 0. The molecule has 0 heterocycles. The van der Waals surface area contributed by atoms with Gasteiger partial charge >= 0.3 is 10.2 Å². The van der Waals surface area contributed by atoms with Gasteiger partial charge in [0, 0.05) is 25.2 Å². The van der Waals surface area contributed by atoms with Crippen LogP contribution in [0.4, 0.5) is 15.8 Å². The number of rotatable bonds is 5. The summed E-state index contributed by atoms with van der Waals surface area (Å²) in [4.78, 5) is 12.4. The van der Waals surface area contributed by atoms with Gasteiger partial charge in [-0.1, -0.05) is 12.1 Å². The molecule has 2 rings (SSSR count). The number of nitrogens with zero attached hydrogens (tertiary/aromatic N) is 1. The van der Waals surface area contributed by atoms with Crippen molar-refractivity contribution < 1.29 is 17.6 Å².